The summed E-state index contributed by atoms with van der Waals surface area (Å²) in [7, 11) is 1.44. The molecule has 1 unspecified atom stereocenters. The van der Waals surface area contributed by atoms with Crippen molar-refractivity contribution in [1.82, 2.24) is 4.90 Å². The van der Waals surface area contributed by atoms with Crippen LogP contribution < -0.4 is 10.6 Å². The number of hydrogen-bond acceptors (Lipinski definition) is 5. The van der Waals surface area contributed by atoms with Crippen molar-refractivity contribution in [1.29, 1.82) is 5.26 Å². The number of rotatable bonds is 2. The standard InChI is InChI=1S/C21H15BrN4O2/c1-25-20(27)17-16(12-6-5-7-13(22)10-12)15(11-23)19(24)26(18(17)21(25)28)14-8-3-2-4-9-14/h2-10,16H,24H2,1H3. The molecule has 0 fully saturated rings. The molecule has 0 saturated heterocycles. The van der Waals surface area contributed by atoms with Crippen molar-refractivity contribution in [3.63, 3.8) is 0 Å². The number of likely N-dealkylation sites (N-methyl/N-ethyl adjacent to an activating group) is 1. The van der Waals surface area contributed by atoms with Gasteiger partial charge < -0.3 is 5.73 Å². The molecule has 2 aliphatic rings. The van der Waals surface area contributed by atoms with E-state index in [4.69, 9.17) is 5.73 Å². The Balaban J connectivity index is 2.03. The molecular weight excluding hydrogens is 420 g/mol. The molecule has 2 aromatic carbocycles. The topological polar surface area (TPSA) is 90.4 Å². The molecule has 0 bridgehead atoms. The lowest BCUT2D eigenvalue weighted by Gasteiger charge is -2.33. The van der Waals surface area contributed by atoms with E-state index >= 15 is 0 Å². The Hall–Kier alpha value is -3.37. The van der Waals surface area contributed by atoms with Gasteiger partial charge in [0.25, 0.3) is 11.8 Å². The summed E-state index contributed by atoms with van der Waals surface area (Å²) in [5.74, 6) is -1.43. The quantitative estimate of drug-likeness (QED) is 0.733. The Kier molecular flexibility index (Phi) is 4.28. The maximum absolute atomic E-state index is 13.0. The molecule has 2 aliphatic heterocycles. The highest BCUT2D eigenvalue weighted by Gasteiger charge is 2.48. The normalized spacial score (nSPS) is 19.2. The third-order valence-corrected chi connectivity index (χ3v) is 5.43. The number of carbonyl (C=O) groups is 2. The number of nitrogens with two attached hydrogens (primary N) is 1. The molecule has 1 atom stereocenters. The molecule has 0 aliphatic carbocycles. The van der Waals surface area contributed by atoms with E-state index in [9.17, 15) is 14.9 Å². The van der Waals surface area contributed by atoms with E-state index < -0.39 is 17.7 Å². The molecule has 2 N–H and O–H groups in total. The van der Waals surface area contributed by atoms with Crippen LogP contribution >= 0.6 is 15.9 Å². The molecule has 7 heteroatoms. The highest BCUT2D eigenvalue weighted by molar-refractivity contribution is 9.10. The molecule has 4 rings (SSSR count). The molecule has 0 saturated carbocycles. The van der Waals surface area contributed by atoms with Crippen LogP contribution in [0, 0.1) is 11.3 Å². The predicted molar refractivity (Wildman–Crippen MR) is 107 cm³/mol. The Labute approximate surface area is 170 Å². The molecule has 2 amide bonds. The van der Waals surface area contributed by atoms with E-state index in [1.165, 1.54) is 11.9 Å². The van der Waals surface area contributed by atoms with Gasteiger partial charge in [0.15, 0.2) is 0 Å². The van der Waals surface area contributed by atoms with Gasteiger partial charge >= 0.3 is 0 Å². The van der Waals surface area contributed by atoms with Gasteiger partial charge in [-0.2, -0.15) is 5.26 Å². The van der Waals surface area contributed by atoms with Crippen LogP contribution in [0.4, 0.5) is 5.69 Å². The molecule has 6 nitrogen and oxygen atoms in total. The zero-order valence-corrected chi connectivity index (χ0v) is 16.5. The first-order valence-corrected chi connectivity index (χ1v) is 9.32. The van der Waals surface area contributed by atoms with Crippen molar-refractivity contribution >= 4 is 33.4 Å². The van der Waals surface area contributed by atoms with E-state index in [-0.39, 0.29) is 22.7 Å². The molecule has 2 aromatic rings. The van der Waals surface area contributed by atoms with E-state index in [0.717, 1.165) is 9.37 Å². The first-order chi connectivity index (χ1) is 13.5. The van der Waals surface area contributed by atoms with Crippen LogP contribution in [0.15, 0.2) is 81.7 Å². The van der Waals surface area contributed by atoms with Crippen LogP contribution in [0.25, 0.3) is 0 Å². The van der Waals surface area contributed by atoms with E-state index in [1.54, 1.807) is 24.3 Å². The summed E-state index contributed by atoms with van der Waals surface area (Å²) in [4.78, 5) is 28.5. The fraction of sp³-hybridized carbons (Fsp3) is 0.0952. The highest BCUT2D eigenvalue weighted by atomic mass is 79.9. The van der Waals surface area contributed by atoms with Gasteiger partial charge in [-0.3, -0.25) is 19.4 Å². The molecular formula is C21H15BrN4O2. The van der Waals surface area contributed by atoms with Crippen molar-refractivity contribution in [3.05, 3.63) is 87.3 Å². The van der Waals surface area contributed by atoms with E-state index in [0.29, 0.717) is 11.3 Å². The number of imide groups is 1. The number of halogens is 1. The average Bonchev–Trinajstić information content (AvgIpc) is 2.92. The molecule has 2 heterocycles. The minimum Gasteiger partial charge on any atom is -0.384 e. The van der Waals surface area contributed by atoms with E-state index in [1.807, 2.05) is 30.3 Å². The molecule has 138 valence electrons. The minimum absolute atomic E-state index is 0.147. The van der Waals surface area contributed by atoms with Crippen molar-refractivity contribution in [2.45, 2.75) is 5.92 Å². The van der Waals surface area contributed by atoms with Gasteiger partial charge in [0.2, 0.25) is 0 Å². The lowest BCUT2D eigenvalue weighted by molar-refractivity contribution is -0.136. The fourth-order valence-electron chi connectivity index (χ4n) is 3.64. The monoisotopic (exact) mass is 434 g/mol. The number of amides is 2. The SMILES string of the molecule is CN1C(=O)C2=C(C1=O)N(c1ccccc1)C(N)=C(C#N)C2c1cccc(Br)c1. The molecule has 0 radical (unpaired) electrons. The third-order valence-electron chi connectivity index (χ3n) is 4.93. The second-order valence-electron chi connectivity index (χ2n) is 6.50. The smallest absolute Gasteiger partial charge is 0.278 e. The summed E-state index contributed by atoms with van der Waals surface area (Å²) >= 11 is 3.43. The lowest BCUT2D eigenvalue weighted by Crippen LogP contribution is -2.37. The van der Waals surface area contributed by atoms with Gasteiger partial charge in [-0.25, -0.2) is 0 Å². The van der Waals surface area contributed by atoms with Crippen LogP contribution in [-0.2, 0) is 9.59 Å². The van der Waals surface area contributed by atoms with Crippen molar-refractivity contribution in [2.24, 2.45) is 5.73 Å². The Morgan fingerprint density at radius 2 is 1.79 bits per heavy atom. The second-order valence-corrected chi connectivity index (χ2v) is 7.42. The largest absolute Gasteiger partial charge is 0.384 e. The maximum atomic E-state index is 13.0. The number of anilines is 1. The van der Waals surface area contributed by atoms with Gasteiger partial charge in [0.05, 0.1) is 23.1 Å². The number of benzene rings is 2. The van der Waals surface area contributed by atoms with Gasteiger partial charge in [-0.1, -0.05) is 46.3 Å². The zero-order chi connectivity index (χ0) is 20.0. The Bertz CT molecular complexity index is 1110. The third kappa shape index (κ3) is 2.53. The van der Waals surface area contributed by atoms with Crippen molar-refractivity contribution < 1.29 is 9.59 Å². The average molecular weight is 435 g/mol. The predicted octanol–water partition coefficient (Wildman–Crippen LogP) is 3.00. The van der Waals surface area contributed by atoms with Crippen LogP contribution in [-0.4, -0.2) is 23.8 Å². The van der Waals surface area contributed by atoms with Gasteiger partial charge in [0.1, 0.15) is 11.5 Å². The number of allylic oxidation sites excluding steroid dienone is 1. The second kappa shape index (κ2) is 6.66. The number of nitriles is 1. The molecule has 0 aromatic heterocycles. The summed E-state index contributed by atoms with van der Waals surface area (Å²) in [6.45, 7) is 0. The van der Waals surface area contributed by atoms with Gasteiger partial charge in [0, 0.05) is 17.2 Å². The Morgan fingerprint density at radius 1 is 1.07 bits per heavy atom. The van der Waals surface area contributed by atoms with Crippen LogP contribution in [0.5, 0.6) is 0 Å². The minimum atomic E-state index is -0.709. The summed E-state index contributed by atoms with van der Waals surface area (Å²) in [6.07, 6.45) is 0. The van der Waals surface area contributed by atoms with Crippen molar-refractivity contribution in [2.75, 3.05) is 11.9 Å². The molecule has 28 heavy (non-hydrogen) atoms. The van der Waals surface area contributed by atoms with E-state index in [2.05, 4.69) is 22.0 Å². The summed E-state index contributed by atoms with van der Waals surface area (Å²) < 4.78 is 0.804. The first kappa shape index (κ1) is 18.0. The van der Waals surface area contributed by atoms with Gasteiger partial charge in [-0.05, 0) is 29.8 Å². The lowest BCUT2D eigenvalue weighted by atomic mass is 9.81. The van der Waals surface area contributed by atoms with Crippen LogP contribution in [0.1, 0.15) is 11.5 Å². The number of para-hydroxylation sites is 1. The first-order valence-electron chi connectivity index (χ1n) is 8.52. The maximum Gasteiger partial charge on any atom is 0.278 e. The molecule has 0 spiro atoms. The summed E-state index contributed by atoms with van der Waals surface area (Å²) in [5, 5.41) is 9.91. The highest BCUT2D eigenvalue weighted by Crippen LogP contribution is 2.46. The number of hydrogen-bond donors (Lipinski definition) is 1. The Morgan fingerprint density at radius 3 is 2.43 bits per heavy atom. The fourth-order valence-corrected chi connectivity index (χ4v) is 4.06. The van der Waals surface area contributed by atoms with Crippen molar-refractivity contribution in [3.8, 4) is 6.07 Å². The van der Waals surface area contributed by atoms with Crippen LogP contribution in [0.3, 0.4) is 0 Å². The van der Waals surface area contributed by atoms with Gasteiger partial charge in [-0.15, -0.1) is 0 Å². The zero-order valence-electron chi connectivity index (χ0n) is 14.9. The summed E-state index contributed by atoms with van der Waals surface area (Å²) in [6, 6.07) is 18.5. The van der Waals surface area contributed by atoms with Crippen LogP contribution in [0.2, 0.25) is 0 Å². The summed E-state index contributed by atoms with van der Waals surface area (Å²) in [5.41, 5.74) is 8.42. The number of carbonyl (C=O) groups excluding carboxylic acids is 2. The number of nitrogens with zero attached hydrogens (tertiary/aromatic N) is 3.